The van der Waals surface area contributed by atoms with E-state index in [1.807, 2.05) is 6.07 Å². The number of hydrogen-bond acceptors (Lipinski definition) is 4. The molecular formula is C18H13ClF5N3O2S. The third kappa shape index (κ3) is 5.75. The van der Waals surface area contributed by atoms with E-state index in [-0.39, 0.29) is 34.0 Å². The average Bonchev–Trinajstić information content (AvgIpc) is 2.65. The van der Waals surface area contributed by atoms with Gasteiger partial charge in [-0.3, -0.25) is 4.79 Å². The van der Waals surface area contributed by atoms with Crippen LogP contribution in [0, 0.1) is 22.7 Å². The van der Waals surface area contributed by atoms with Gasteiger partial charge in [-0.15, -0.1) is 0 Å². The number of nitrogens with zero attached hydrogens (tertiary/aromatic N) is 2. The molecule has 0 aliphatic carbocycles. The predicted molar refractivity (Wildman–Crippen MR) is 101 cm³/mol. The van der Waals surface area contributed by atoms with Crippen molar-refractivity contribution in [1.82, 2.24) is 5.32 Å². The summed E-state index contributed by atoms with van der Waals surface area (Å²) in [6.07, 6.45) is 0. The highest BCUT2D eigenvalue weighted by Gasteiger charge is 2.65. The van der Waals surface area contributed by atoms with E-state index in [2.05, 4.69) is 5.32 Å². The minimum Gasteiger partial charge on any atom is -0.489 e. The Balaban J connectivity index is 2.17. The van der Waals surface area contributed by atoms with Crippen molar-refractivity contribution >= 4 is 27.7 Å². The molecule has 0 radical (unpaired) electrons. The Kier molecular flexibility index (Phi) is 5.46. The number of amides is 1. The molecule has 0 bridgehead atoms. The van der Waals surface area contributed by atoms with Gasteiger partial charge in [0.15, 0.2) is 5.54 Å². The van der Waals surface area contributed by atoms with Crippen LogP contribution < -0.4 is 10.1 Å². The van der Waals surface area contributed by atoms with Crippen LogP contribution in [0.1, 0.15) is 22.8 Å². The monoisotopic (exact) mass is 465 g/mol. The van der Waals surface area contributed by atoms with Crippen molar-refractivity contribution < 1.29 is 29.0 Å². The van der Waals surface area contributed by atoms with Crippen molar-refractivity contribution in [2.45, 2.75) is 17.4 Å². The summed E-state index contributed by atoms with van der Waals surface area (Å²) < 4.78 is 69.2. The molecule has 2 aromatic carbocycles. The predicted octanol–water partition coefficient (Wildman–Crippen LogP) is 5.96. The SMILES string of the molecule is CC(C#N)(COc1cc(Cl)ccc1C#N)NC(=O)c1ccc(S(F)(F)(F)(F)F)cc1. The first-order valence-electron chi connectivity index (χ1n) is 7.97. The lowest BCUT2D eigenvalue weighted by molar-refractivity contribution is 0.0901. The van der Waals surface area contributed by atoms with Crippen LogP contribution in [-0.2, 0) is 0 Å². The number of nitrogens with one attached hydrogen (secondary N) is 1. The molecule has 2 rings (SSSR count). The van der Waals surface area contributed by atoms with E-state index in [1.54, 1.807) is 6.07 Å². The van der Waals surface area contributed by atoms with Crippen molar-refractivity contribution in [3.8, 4) is 17.9 Å². The fraction of sp³-hybridized carbons (Fsp3) is 0.167. The van der Waals surface area contributed by atoms with Crippen LogP contribution in [-0.4, -0.2) is 18.1 Å². The zero-order valence-corrected chi connectivity index (χ0v) is 16.7. The second-order valence-corrected chi connectivity index (χ2v) is 9.28. The molecule has 1 amide bonds. The molecule has 30 heavy (non-hydrogen) atoms. The van der Waals surface area contributed by atoms with Crippen molar-refractivity contribution in [2.75, 3.05) is 6.61 Å². The van der Waals surface area contributed by atoms with Crippen molar-refractivity contribution in [1.29, 1.82) is 10.5 Å². The lowest BCUT2D eigenvalue weighted by atomic mass is 10.0. The second kappa shape index (κ2) is 7.04. The number of halogens is 6. The molecule has 1 unspecified atom stereocenters. The van der Waals surface area contributed by atoms with Crippen molar-refractivity contribution in [3.05, 3.63) is 58.6 Å². The van der Waals surface area contributed by atoms with Crippen LogP contribution in [0.2, 0.25) is 5.02 Å². The quantitative estimate of drug-likeness (QED) is 0.533. The maximum Gasteiger partial charge on any atom is 0.310 e. The van der Waals surface area contributed by atoms with E-state index in [0.29, 0.717) is 12.1 Å². The highest BCUT2D eigenvalue weighted by molar-refractivity contribution is 8.45. The molecule has 5 nitrogen and oxygen atoms in total. The Hall–Kier alpha value is -3.02. The van der Waals surface area contributed by atoms with Gasteiger partial charge in [0.05, 0.1) is 11.6 Å². The number of carbonyl (C=O) groups excluding carboxylic acids is 1. The third-order valence-corrected chi connectivity index (χ3v) is 5.18. The van der Waals surface area contributed by atoms with Gasteiger partial charge in [-0.05, 0) is 43.3 Å². The molecular weight excluding hydrogens is 453 g/mol. The summed E-state index contributed by atoms with van der Waals surface area (Å²) in [4.78, 5) is 10.1. The Bertz CT molecular complexity index is 1080. The average molecular weight is 466 g/mol. The topological polar surface area (TPSA) is 85.9 Å². The normalized spacial score (nSPS) is 15.5. The first kappa shape index (κ1) is 23.3. The lowest BCUT2D eigenvalue weighted by Crippen LogP contribution is -2.49. The van der Waals surface area contributed by atoms with Gasteiger partial charge in [-0.2, -0.15) is 10.5 Å². The maximum absolute atomic E-state index is 12.8. The standard InChI is InChI=1S/C18H13ClF5N3O2S/c1-18(10-26,11-29-16-8-14(19)5-2-13(16)9-25)27-17(28)12-3-6-15(7-4-12)30(20,21,22,23)24/h2-8H,11H2,1H3,(H,27,28). The Labute approximate surface area is 173 Å². The second-order valence-electron chi connectivity index (χ2n) is 6.43. The largest absolute Gasteiger partial charge is 0.489 e. The minimum absolute atomic E-state index is 0.0564. The molecule has 1 N–H and O–H groups in total. The van der Waals surface area contributed by atoms with Gasteiger partial charge in [0.25, 0.3) is 5.91 Å². The first-order valence-corrected chi connectivity index (χ1v) is 10.3. The number of hydrogen-bond donors (Lipinski definition) is 1. The van der Waals surface area contributed by atoms with E-state index in [4.69, 9.17) is 21.6 Å². The Morgan fingerprint density at radius 2 is 1.73 bits per heavy atom. The van der Waals surface area contributed by atoms with Gasteiger partial charge >= 0.3 is 10.2 Å². The van der Waals surface area contributed by atoms with Gasteiger partial charge < -0.3 is 10.1 Å². The summed E-state index contributed by atoms with van der Waals surface area (Å²) in [6.45, 7) is 0.832. The molecule has 12 heteroatoms. The number of nitriles is 2. The maximum atomic E-state index is 12.8. The first-order chi connectivity index (χ1) is 13.6. The molecule has 0 aromatic heterocycles. The molecule has 0 aliphatic heterocycles. The summed E-state index contributed by atoms with van der Waals surface area (Å²) in [7, 11) is -9.86. The summed E-state index contributed by atoms with van der Waals surface area (Å²) >= 11 is 5.83. The molecule has 160 valence electrons. The highest BCUT2D eigenvalue weighted by atomic mass is 35.5. The fourth-order valence-corrected chi connectivity index (χ4v) is 3.03. The van der Waals surface area contributed by atoms with E-state index in [1.165, 1.54) is 25.1 Å². The Morgan fingerprint density at radius 3 is 2.23 bits per heavy atom. The van der Waals surface area contributed by atoms with Gasteiger partial charge in [0, 0.05) is 16.7 Å². The molecule has 0 aliphatic rings. The third-order valence-electron chi connectivity index (χ3n) is 3.78. The van der Waals surface area contributed by atoms with Gasteiger partial charge in [0.2, 0.25) is 0 Å². The van der Waals surface area contributed by atoms with E-state index < -0.39 is 33.2 Å². The van der Waals surface area contributed by atoms with Crippen LogP contribution in [0.15, 0.2) is 47.4 Å². The minimum atomic E-state index is -9.86. The zero-order chi connectivity index (χ0) is 22.9. The fourth-order valence-electron chi connectivity index (χ4n) is 2.21. The molecule has 0 heterocycles. The number of rotatable bonds is 6. The molecule has 0 saturated heterocycles. The van der Waals surface area contributed by atoms with E-state index in [0.717, 1.165) is 0 Å². The molecule has 0 fully saturated rings. The van der Waals surface area contributed by atoms with Gasteiger partial charge in [0.1, 0.15) is 23.3 Å². The number of carbonyl (C=O) groups is 1. The smallest absolute Gasteiger partial charge is 0.310 e. The van der Waals surface area contributed by atoms with Gasteiger partial charge in [-0.1, -0.05) is 31.0 Å². The van der Waals surface area contributed by atoms with Crippen molar-refractivity contribution in [3.63, 3.8) is 0 Å². The highest BCUT2D eigenvalue weighted by Crippen LogP contribution is 3.02. The number of benzene rings is 2. The summed E-state index contributed by atoms with van der Waals surface area (Å²) in [5.74, 6) is -0.927. The molecule has 2 aromatic rings. The molecule has 1 atom stereocenters. The van der Waals surface area contributed by atoms with Crippen LogP contribution >= 0.6 is 21.8 Å². The van der Waals surface area contributed by atoms with Crippen LogP contribution in [0.4, 0.5) is 19.4 Å². The van der Waals surface area contributed by atoms with Gasteiger partial charge in [-0.25, -0.2) is 0 Å². The van der Waals surface area contributed by atoms with Crippen LogP contribution in [0.3, 0.4) is 0 Å². The van der Waals surface area contributed by atoms with Crippen LogP contribution in [0.5, 0.6) is 5.75 Å². The van der Waals surface area contributed by atoms with E-state index >= 15 is 0 Å². The van der Waals surface area contributed by atoms with Crippen LogP contribution in [0.25, 0.3) is 0 Å². The summed E-state index contributed by atoms with van der Waals surface area (Å²) in [6, 6.07) is 9.17. The molecule has 0 spiro atoms. The summed E-state index contributed by atoms with van der Waals surface area (Å²) in [5, 5.41) is 21.0. The Morgan fingerprint density at radius 1 is 1.13 bits per heavy atom. The lowest BCUT2D eigenvalue weighted by Gasteiger charge is -2.40. The zero-order valence-electron chi connectivity index (χ0n) is 15.1. The number of ether oxygens (including phenoxy) is 1. The summed E-state index contributed by atoms with van der Waals surface area (Å²) in [5.41, 5.74) is -1.91. The molecule has 0 saturated carbocycles. The van der Waals surface area contributed by atoms with E-state index in [9.17, 15) is 29.5 Å². The van der Waals surface area contributed by atoms with Crippen molar-refractivity contribution in [2.24, 2.45) is 0 Å².